The van der Waals surface area contributed by atoms with Crippen LogP contribution < -0.4 is 5.32 Å². The molecule has 0 aliphatic rings. The van der Waals surface area contributed by atoms with Gasteiger partial charge in [0.25, 0.3) is 5.91 Å². The largest absolute Gasteiger partial charge is 0.451 e. The number of hydrogen-bond donors (Lipinski definition) is 1. The number of nitrogens with zero attached hydrogens (tertiary/aromatic N) is 4. The molecule has 0 aliphatic carbocycles. The van der Waals surface area contributed by atoms with Crippen molar-refractivity contribution in [2.24, 2.45) is 0 Å². The van der Waals surface area contributed by atoms with E-state index in [0.717, 1.165) is 10.4 Å². The molecule has 0 aliphatic heterocycles. The SMILES string of the molecule is CCNC(=O)[C@H](C)OC(=O)Cn1nnc(-c2ccc(Cl)cc2)n1. The van der Waals surface area contributed by atoms with Crippen LogP contribution in [0.15, 0.2) is 24.3 Å². The van der Waals surface area contributed by atoms with Crippen LogP contribution in [0.1, 0.15) is 13.8 Å². The molecule has 0 bridgehead atoms. The zero-order chi connectivity index (χ0) is 16.8. The average Bonchev–Trinajstić information content (AvgIpc) is 2.96. The van der Waals surface area contributed by atoms with Crippen LogP contribution in [0.2, 0.25) is 5.02 Å². The van der Waals surface area contributed by atoms with Gasteiger partial charge < -0.3 is 10.1 Å². The van der Waals surface area contributed by atoms with Crippen LogP contribution in [0.25, 0.3) is 11.4 Å². The lowest BCUT2D eigenvalue weighted by Crippen LogP contribution is -2.36. The second-order valence-electron chi connectivity index (χ2n) is 4.68. The molecule has 1 N–H and O–H groups in total. The van der Waals surface area contributed by atoms with Crippen molar-refractivity contribution < 1.29 is 14.3 Å². The molecule has 2 aromatic rings. The lowest BCUT2D eigenvalue weighted by molar-refractivity contribution is -0.155. The Bertz CT molecular complexity index is 686. The van der Waals surface area contributed by atoms with Crippen molar-refractivity contribution in [1.29, 1.82) is 0 Å². The molecule has 2 rings (SSSR count). The zero-order valence-corrected chi connectivity index (χ0v) is 13.4. The highest BCUT2D eigenvalue weighted by molar-refractivity contribution is 6.30. The fourth-order valence-corrected chi connectivity index (χ4v) is 1.87. The molecule has 0 saturated carbocycles. The number of aromatic nitrogens is 4. The number of esters is 1. The third kappa shape index (κ3) is 4.75. The Labute approximate surface area is 137 Å². The van der Waals surface area contributed by atoms with Gasteiger partial charge in [-0.25, -0.2) is 4.79 Å². The van der Waals surface area contributed by atoms with Gasteiger partial charge in [-0.1, -0.05) is 11.6 Å². The number of carbonyl (C=O) groups is 2. The summed E-state index contributed by atoms with van der Waals surface area (Å²) in [4.78, 5) is 24.4. The lowest BCUT2D eigenvalue weighted by Gasteiger charge is -2.11. The molecule has 1 heterocycles. The zero-order valence-electron chi connectivity index (χ0n) is 12.7. The van der Waals surface area contributed by atoms with Gasteiger partial charge in [-0.05, 0) is 43.3 Å². The standard InChI is InChI=1S/C14H16ClN5O3/c1-3-16-14(22)9(2)23-12(21)8-20-18-13(17-19-20)10-4-6-11(15)7-5-10/h4-7,9H,3,8H2,1-2H3,(H,16,22)/t9-/m0/s1. The van der Waals surface area contributed by atoms with Gasteiger partial charge in [0.2, 0.25) is 5.82 Å². The van der Waals surface area contributed by atoms with Crippen molar-refractivity contribution in [2.75, 3.05) is 6.54 Å². The quantitative estimate of drug-likeness (QED) is 0.791. The maximum Gasteiger partial charge on any atom is 0.330 e. The Kier molecular flexibility index (Phi) is 5.64. The number of amides is 1. The molecule has 0 saturated heterocycles. The smallest absolute Gasteiger partial charge is 0.330 e. The first-order valence-corrected chi connectivity index (χ1v) is 7.38. The Morgan fingerprint density at radius 3 is 2.70 bits per heavy atom. The number of tetrazole rings is 1. The van der Waals surface area contributed by atoms with Gasteiger partial charge in [0.05, 0.1) is 0 Å². The summed E-state index contributed by atoms with van der Waals surface area (Å²) in [6, 6.07) is 6.91. The number of rotatable bonds is 6. The third-order valence-electron chi connectivity index (χ3n) is 2.85. The minimum Gasteiger partial charge on any atom is -0.451 e. The van der Waals surface area contributed by atoms with Gasteiger partial charge in [-0.15, -0.1) is 10.2 Å². The Hall–Kier alpha value is -2.48. The molecule has 9 heteroatoms. The van der Waals surface area contributed by atoms with Crippen molar-refractivity contribution in [3.05, 3.63) is 29.3 Å². The second kappa shape index (κ2) is 7.68. The van der Waals surface area contributed by atoms with E-state index in [2.05, 4.69) is 20.7 Å². The first-order chi connectivity index (χ1) is 11.0. The van der Waals surface area contributed by atoms with Crippen LogP contribution in [-0.4, -0.2) is 44.7 Å². The van der Waals surface area contributed by atoms with Crippen molar-refractivity contribution >= 4 is 23.5 Å². The first-order valence-electron chi connectivity index (χ1n) is 7.00. The number of likely N-dealkylation sites (N-methyl/N-ethyl adjacent to an activating group) is 1. The van der Waals surface area contributed by atoms with Gasteiger partial charge in [-0.3, -0.25) is 4.79 Å². The molecule has 1 atom stereocenters. The summed E-state index contributed by atoms with van der Waals surface area (Å²) in [7, 11) is 0. The topological polar surface area (TPSA) is 99.0 Å². The average molecular weight is 338 g/mol. The molecule has 1 aromatic carbocycles. The number of ether oxygens (including phenoxy) is 1. The number of carbonyl (C=O) groups excluding carboxylic acids is 2. The third-order valence-corrected chi connectivity index (χ3v) is 3.11. The number of halogens is 1. The highest BCUT2D eigenvalue weighted by Crippen LogP contribution is 2.16. The number of hydrogen-bond acceptors (Lipinski definition) is 6. The van der Waals surface area contributed by atoms with E-state index in [1.807, 2.05) is 0 Å². The van der Waals surface area contributed by atoms with Gasteiger partial charge in [-0.2, -0.15) is 4.80 Å². The predicted octanol–water partition coefficient (Wildman–Crippen LogP) is 1.06. The predicted molar refractivity (Wildman–Crippen MR) is 82.5 cm³/mol. The number of nitrogens with one attached hydrogen (secondary N) is 1. The van der Waals surface area contributed by atoms with Gasteiger partial charge >= 0.3 is 5.97 Å². The van der Waals surface area contributed by atoms with Crippen LogP contribution >= 0.6 is 11.6 Å². The van der Waals surface area contributed by atoms with Crippen LogP contribution in [0.5, 0.6) is 0 Å². The van der Waals surface area contributed by atoms with E-state index in [-0.39, 0.29) is 12.5 Å². The number of benzene rings is 1. The van der Waals surface area contributed by atoms with E-state index < -0.39 is 12.1 Å². The highest BCUT2D eigenvalue weighted by atomic mass is 35.5. The second-order valence-corrected chi connectivity index (χ2v) is 5.11. The fraction of sp³-hybridized carbons (Fsp3) is 0.357. The van der Waals surface area contributed by atoms with Gasteiger partial charge in [0.1, 0.15) is 0 Å². The van der Waals surface area contributed by atoms with Crippen molar-refractivity contribution in [2.45, 2.75) is 26.5 Å². The summed E-state index contributed by atoms with van der Waals surface area (Å²) in [6.45, 7) is 3.51. The van der Waals surface area contributed by atoms with Crippen molar-refractivity contribution in [3.8, 4) is 11.4 Å². The van der Waals surface area contributed by atoms with E-state index in [1.165, 1.54) is 6.92 Å². The van der Waals surface area contributed by atoms with Gasteiger partial charge in [0, 0.05) is 17.1 Å². The Morgan fingerprint density at radius 2 is 2.04 bits per heavy atom. The summed E-state index contributed by atoms with van der Waals surface area (Å²) in [5, 5.41) is 14.9. The minimum atomic E-state index is -0.873. The fourth-order valence-electron chi connectivity index (χ4n) is 1.75. The molecule has 23 heavy (non-hydrogen) atoms. The maximum absolute atomic E-state index is 11.8. The van der Waals surface area contributed by atoms with E-state index in [9.17, 15) is 9.59 Å². The molecular formula is C14H16ClN5O3. The van der Waals surface area contributed by atoms with Gasteiger partial charge in [0.15, 0.2) is 12.6 Å². The lowest BCUT2D eigenvalue weighted by atomic mass is 10.2. The van der Waals surface area contributed by atoms with E-state index in [4.69, 9.17) is 16.3 Å². The van der Waals surface area contributed by atoms with E-state index >= 15 is 0 Å². The van der Waals surface area contributed by atoms with Crippen molar-refractivity contribution in [3.63, 3.8) is 0 Å². The normalized spacial score (nSPS) is 11.8. The molecule has 1 amide bonds. The summed E-state index contributed by atoms with van der Waals surface area (Å²) in [6.07, 6.45) is -0.873. The molecule has 0 fully saturated rings. The van der Waals surface area contributed by atoms with Crippen LogP contribution in [0, 0.1) is 0 Å². The molecular weight excluding hydrogens is 322 g/mol. The summed E-state index contributed by atoms with van der Waals surface area (Å²) in [5.74, 6) is -0.607. The first kappa shape index (κ1) is 16.9. The molecule has 122 valence electrons. The van der Waals surface area contributed by atoms with Crippen LogP contribution in [-0.2, 0) is 20.9 Å². The highest BCUT2D eigenvalue weighted by Gasteiger charge is 2.18. The monoisotopic (exact) mass is 337 g/mol. The van der Waals surface area contributed by atoms with Crippen molar-refractivity contribution in [1.82, 2.24) is 25.5 Å². The van der Waals surface area contributed by atoms with E-state index in [1.54, 1.807) is 31.2 Å². The van der Waals surface area contributed by atoms with E-state index in [0.29, 0.717) is 17.4 Å². The van der Waals surface area contributed by atoms with Crippen LogP contribution in [0.3, 0.4) is 0 Å². The molecule has 8 nitrogen and oxygen atoms in total. The summed E-state index contributed by atoms with van der Waals surface area (Å²) >= 11 is 5.81. The Balaban J connectivity index is 1.95. The minimum absolute atomic E-state index is 0.232. The summed E-state index contributed by atoms with van der Waals surface area (Å²) < 4.78 is 5.00. The van der Waals surface area contributed by atoms with Crippen LogP contribution in [0.4, 0.5) is 0 Å². The molecule has 0 unspecified atom stereocenters. The summed E-state index contributed by atoms with van der Waals surface area (Å²) in [5.41, 5.74) is 0.727. The molecule has 0 spiro atoms. The maximum atomic E-state index is 11.8. The molecule has 1 aromatic heterocycles. The Morgan fingerprint density at radius 1 is 1.35 bits per heavy atom. The molecule has 0 radical (unpaired) electrons.